The monoisotopic (exact) mass is 330 g/mol. The predicted octanol–water partition coefficient (Wildman–Crippen LogP) is 6.68. The van der Waals surface area contributed by atoms with E-state index in [1.165, 1.54) is 44.3 Å². The molecule has 0 saturated heterocycles. The molecule has 0 amide bonds. The molecule has 2 atom stereocenters. The average Bonchev–Trinajstić information content (AvgIpc) is 2.64. The van der Waals surface area contributed by atoms with Crippen LogP contribution in [0.3, 0.4) is 0 Å². The molecule has 1 aromatic rings. The van der Waals surface area contributed by atoms with Gasteiger partial charge in [0, 0.05) is 0 Å². The van der Waals surface area contributed by atoms with E-state index in [1.807, 2.05) is 30.3 Å². The molecule has 2 unspecified atom stereocenters. The summed E-state index contributed by atoms with van der Waals surface area (Å²) >= 11 is 0. The van der Waals surface area contributed by atoms with Crippen molar-refractivity contribution >= 4 is 5.57 Å². The fourth-order valence-corrected chi connectivity index (χ4v) is 4.07. The van der Waals surface area contributed by atoms with Gasteiger partial charge in [0.15, 0.2) is 11.8 Å². The molecular formula is C22H28F2. The Kier molecular flexibility index (Phi) is 5.53. The van der Waals surface area contributed by atoms with Crippen molar-refractivity contribution in [3.63, 3.8) is 0 Å². The van der Waals surface area contributed by atoms with Gasteiger partial charge in [0.25, 0.3) is 0 Å². The molecule has 1 saturated carbocycles. The zero-order chi connectivity index (χ0) is 17.0. The lowest BCUT2D eigenvalue weighted by Crippen LogP contribution is -2.34. The molecule has 0 bridgehead atoms. The quantitative estimate of drug-likeness (QED) is 0.564. The highest BCUT2D eigenvalue weighted by atomic mass is 19.2. The fourth-order valence-electron chi connectivity index (χ4n) is 4.07. The summed E-state index contributed by atoms with van der Waals surface area (Å²) in [5.41, 5.74) is -0.115. The van der Waals surface area contributed by atoms with Gasteiger partial charge in [-0.2, -0.15) is 0 Å². The van der Waals surface area contributed by atoms with Gasteiger partial charge in [0.05, 0.1) is 0 Å². The smallest absolute Gasteiger partial charge is 0.164 e. The number of hydrogen-bond acceptors (Lipinski definition) is 0. The lowest BCUT2D eigenvalue weighted by molar-refractivity contribution is 0.101. The Bertz CT molecular complexity index is 581. The van der Waals surface area contributed by atoms with Crippen molar-refractivity contribution in [3.05, 3.63) is 54.1 Å². The first-order chi connectivity index (χ1) is 11.6. The van der Waals surface area contributed by atoms with Crippen molar-refractivity contribution in [3.8, 4) is 0 Å². The van der Waals surface area contributed by atoms with Crippen LogP contribution in [0, 0.1) is 11.8 Å². The molecule has 0 radical (unpaired) electrons. The Labute approximate surface area is 144 Å². The van der Waals surface area contributed by atoms with Crippen molar-refractivity contribution in [2.24, 2.45) is 11.8 Å². The summed E-state index contributed by atoms with van der Waals surface area (Å²) in [6.07, 6.45) is 10.3. The van der Waals surface area contributed by atoms with Crippen LogP contribution in [0.1, 0.15) is 57.4 Å². The number of rotatable bonds is 5. The lowest BCUT2D eigenvalue weighted by Gasteiger charge is -2.32. The predicted molar refractivity (Wildman–Crippen MR) is 97.3 cm³/mol. The largest absolute Gasteiger partial charge is 0.239 e. The molecule has 0 N–H and O–H groups in total. The Morgan fingerprint density at radius 1 is 1.04 bits per heavy atom. The minimum absolute atomic E-state index is 0.296. The number of allylic oxidation sites excluding steroid dienone is 4. The first-order valence-electron chi connectivity index (χ1n) is 9.40. The second kappa shape index (κ2) is 7.63. The third kappa shape index (κ3) is 3.96. The fraction of sp³-hybridized carbons (Fsp3) is 0.545. The van der Waals surface area contributed by atoms with E-state index in [1.54, 1.807) is 6.08 Å². The molecule has 0 spiro atoms. The summed E-state index contributed by atoms with van der Waals surface area (Å²) in [6.45, 7) is 2.25. The van der Waals surface area contributed by atoms with Crippen molar-refractivity contribution in [2.45, 2.75) is 63.7 Å². The van der Waals surface area contributed by atoms with E-state index in [0.717, 1.165) is 23.5 Å². The average molecular weight is 330 g/mol. The van der Waals surface area contributed by atoms with E-state index in [2.05, 4.69) is 6.92 Å². The van der Waals surface area contributed by atoms with Crippen LogP contribution in [0.4, 0.5) is 8.78 Å². The van der Waals surface area contributed by atoms with Crippen molar-refractivity contribution in [1.82, 2.24) is 0 Å². The molecule has 0 nitrogen and oxygen atoms in total. The van der Waals surface area contributed by atoms with Crippen LogP contribution >= 0.6 is 0 Å². The molecule has 24 heavy (non-hydrogen) atoms. The number of benzene rings is 1. The zero-order valence-electron chi connectivity index (χ0n) is 14.6. The van der Waals surface area contributed by atoms with Gasteiger partial charge >= 0.3 is 0 Å². The molecular weight excluding hydrogens is 302 g/mol. The standard InChI is InChI=1S/C22H28F2/c1-2-17-8-10-18(11-9-17)12-14-22(24)15-13-20(16-21(22)23)19-6-4-3-5-7-19/h3-7,13,15-18,21H,2,8-12,14H2,1H3/t17-,18+,21?,22?. The van der Waals surface area contributed by atoms with Crippen LogP contribution in [0.15, 0.2) is 48.6 Å². The topological polar surface area (TPSA) is 0 Å². The Morgan fingerprint density at radius 3 is 2.33 bits per heavy atom. The molecule has 2 aliphatic rings. The molecule has 0 aliphatic heterocycles. The third-order valence-corrected chi connectivity index (χ3v) is 5.91. The maximum Gasteiger partial charge on any atom is 0.164 e. The Balaban J connectivity index is 1.57. The molecule has 2 aliphatic carbocycles. The van der Waals surface area contributed by atoms with Crippen molar-refractivity contribution in [2.75, 3.05) is 0 Å². The lowest BCUT2D eigenvalue weighted by atomic mass is 9.76. The van der Waals surface area contributed by atoms with E-state index >= 15 is 4.39 Å². The number of halogens is 2. The van der Waals surface area contributed by atoms with E-state index < -0.39 is 11.8 Å². The SMILES string of the molecule is CC[C@H]1CC[C@@H](CCC2(F)C=CC(c3ccccc3)=CC2F)CC1. The van der Waals surface area contributed by atoms with Crippen molar-refractivity contribution in [1.29, 1.82) is 0 Å². The number of hydrogen-bond donors (Lipinski definition) is 0. The van der Waals surface area contributed by atoms with Gasteiger partial charge in [-0.25, -0.2) is 8.78 Å². The van der Waals surface area contributed by atoms with Gasteiger partial charge in [0.1, 0.15) is 0 Å². The molecule has 130 valence electrons. The van der Waals surface area contributed by atoms with Gasteiger partial charge in [0.2, 0.25) is 0 Å². The first kappa shape index (κ1) is 17.4. The van der Waals surface area contributed by atoms with E-state index in [9.17, 15) is 4.39 Å². The summed E-state index contributed by atoms with van der Waals surface area (Å²) in [6, 6.07) is 9.62. The van der Waals surface area contributed by atoms with Crippen LogP contribution in [0.5, 0.6) is 0 Å². The van der Waals surface area contributed by atoms with Crippen LogP contribution in [-0.4, -0.2) is 11.8 Å². The van der Waals surface area contributed by atoms with E-state index in [-0.39, 0.29) is 0 Å². The van der Waals surface area contributed by atoms with Crippen molar-refractivity contribution < 1.29 is 8.78 Å². The Morgan fingerprint density at radius 2 is 1.71 bits per heavy atom. The highest BCUT2D eigenvalue weighted by molar-refractivity contribution is 5.76. The maximum absolute atomic E-state index is 15.0. The molecule has 2 heteroatoms. The highest BCUT2D eigenvalue weighted by Gasteiger charge is 2.38. The summed E-state index contributed by atoms with van der Waals surface area (Å²) in [7, 11) is 0. The normalized spacial score (nSPS) is 33.3. The van der Waals surface area contributed by atoms with Crippen LogP contribution < -0.4 is 0 Å². The maximum atomic E-state index is 15.0. The van der Waals surface area contributed by atoms with Gasteiger partial charge in [-0.15, -0.1) is 0 Å². The second-order valence-electron chi connectivity index (χ2n) is 7.48. The van der Waals surface area contributed by atoms with Gasteiger partial charge < -0.3 is 0 Å². The number of alkyl halides is 2. The second-order valence-corrected chi connectivity index (χ2v) is 7.48. The molecule has 1 aromatic carbocycles. The van der Waals surface area contributed by atoms with Gasteiger partial charge in [-0.05, 0) is 48.0 Å². The molecule has 3 rings (SSSR count). The van der Waals surface area contributed by atoms with Gasteiger partial charge in [-0.3, -0.25) is 0 Å². The van der Waals surface area contributed by atoms with Crippen LogP contribution in [-0.2, 0) is 0 Å². The minimum Gasteiger partial charge on any atom is -0.239 e. The van der Waals surface area contributed by atoms with Crippen LogP contribution in [0.2, 0.25) is 0 Å². The van der Waals surface area contributed by atoms with E-state index in [0.29, 0.717) is 12.3 Å². The van der Waals surface area contributed by atoms with Crippen LogP contribution in [0.25, 0.3) is 5.57 Å². The Hall–Kier alpha value is -1.44. The molecule has 0 heterocycles. The highest BCUT2D eigenvalue weighted by Crippen LogP contribution is 2.39. The zero-order valence-corrected chi connectivity index (χ0v) is 14.6. The summed E-state index contributed by atoms with van der Waals surface area (Å²) in [5.74, 6) is 1.42. The van der Waals surface area contributed by atoms with E-state index in [4.69, 9.17) is 0 Å². The summed E-state index contributed by atoms with van der Waals surface area (Å²) in [4.78, 5) is 0. The van der Waals surface area contributed by atoms with Gasteiger partial charge in [-0.1, -0.05) is 75.4 Å². The third-order valence-electron chi connectivity index (χ3n) is 5.91. The minimum atomic E-state index is -1.83. The summed E-state index contributed by atoms with van der Waals surface area (Å²) in [5, 5.41) is 0. The molecule has 0 aromatic heterocycles. The summed E-state index contributed by atoms with van der Waals surface area (Å²) < 4.78 is 29.6. The molecule has 1 fully saturated rings. The first-order valence-corrected chi connectivity index (χ1v) is 9.40.